The second-order valence-electron chi connectivity index (χ2n) is 8.51. The van der Waals surface area contributed by atoms with Crippen molar-refractivity contribution >= 4 is 11.8 Å². The minimum Gasteiger partial charge on any atom is -0.342 e. The van der Waals surface area contributed by atoms with E-state index in [9.17, 15) is 9.59 Å². The first-order valence-electron chi connectivity index (χ1n) is 11.0. The molecule has 0 aliphatic carbocycles. The predicted octanol–water partition coefficient (Wildman–Crippen LogP) is 1.91. The lowest BCUT2D eigenvalue weighted by Gasteiger charge is -2.42. The number of likely N-dealkylation sites (tertiary alicyclic amines) is 3. The van der Waals surface area contributed by atoms with Gasteiger partial charge in [-0.15, -0.1) is 0 Å². The van der Waals surface area contributed by atoms with Crippen molar-refractivity contribution in [1.29, 1.82) is 0 Å². The number of rotatable bonds is 4. The molecule has 0 unspecified atom stereocenters. The van der Waals surface area contributed by atoms with Gasteiger partial charge in [0.1, 0.15) is 0 Å². The van der Waals surface area contributed by atoms with E-state index in [2.05, 4.69) is 20.0 Å². The summed E-state index contributed by atoms with van der Waals surface area (Å²) in [5, 5.41) is 6.97. The summed E-state index contributed by atoms with van der Waals surface area (Å²) in [4.78, 5) is 32.2. The summed E-state index contributed by atoms with van der Waals surface area (Å²) in [6, 6.07) is 0.494. The van der Waals surface area contributed by atoms with E-state index in [4.69, 9.17) is 0 Å². The van der Waals surface area contributed by atoms with E-state index in [1.807, 2.05) is 11.8 Å². The molecule has 0 spiro atoms. The van der Waals surface area contributed by atoms with Gasteiger partial charge in [-0.2, -0.15) is 5.10 Å². The van der Waals surface area contributed by atoms with Crippen molar-refractivity contribution in [3.63, 3.8) is 0 Å². The Morgan fingerprint density at radius 2 is 1.79 bits per heavy atom. The molecule has 2 amide bonds. The smallest absolute Gasteiger partial charge is 0.257 e. The third kappa shape index (κ3) is 3.95. The average molecular weight is 388 g/mol. The fraction of sp³-hybridized carbons (Fsp3) is 0.762. The maximum atomic E-state index is 12.8. The topological polar surface area (TPSA) is 72.5 Å². The Balaban J connectivity index is 1.31. The molecule has 4 heterocycles. The van der Waals surface area contributed by atoms with Gasteiger partial charge in [0, 0.05) is 44.5 Å². The highest BCUT2D eigenvalue weighted by Gasteiger charge is 2.35. The van der Waals surface area contributed by atoms with Gasteiger partial charge in [0.15, 0.2) is 0 Å². The van der Waals surface area contributed by atoms with Crippen LogP contribution < -0.4 is 0 Å². The van der Waals surface area contributed by atoms with Crippen molar-refractivity contribution < 1.29 is 9.59 Å². The van der Waals surface area contributed by atoms with Crippen LogP contribution in [0.25, 0.3) is 0 Å². The standard InChI is InChI=1S/C21H33N5O2/c1-2-19-18(14-22-23-19)21(28)25-12-7-17(8-13-25)26-11-5-6-16(15-26)20(27)24-9-3-4-10-24/h14,16-17H,2-13,15H2,1H3,(H,22,23)/t16-/m1/s1. The van der Waals surface area contributed by atoms with E-state index >= 15 is 0 Å². The molecule has 1 atom stereocenters. The number of carbonyl (C=O) groups is 2. The van der Waals surface area contributed by atoms with Crippen LogP contribution in [0, 0.1) is 5.92 Å². The van der Waals surface area contributed by atoms with E-state index in [0.717, 1.165) is 95.5 Å². The van der Waals surface area contributed by atoms with Crippen LogP contribution in [-0.4, -0.2) is 82.0 Å². The summed E-state index contributed by atoms with van der Waals surface area (Å²) in [5.41, 5.74) is 1.64. The van der Waals surface area contributed by atoms with Crippen LogP contribution in [0.2, 0.25) is 0 Å². The maximum Gasteiger partial charge on any atom is 0.257 e. The molecule has 3 saturated heterocycles. The normalized spacial score (nSPS) is 24.7. The van der Waals surface area contributed by atoms with Crippen LogP contribution >= 0.6 is 0 Å². The molecular weight excluding hydrogens is 354 g/mol. The molecule has 1 N–H and O–H groups in total. The van der Waals surface area contributed by atoms with Crippen LogP contribution in [0.15, 0.2) is 6.20 Å². The monoisotopic (exact) mass is 387 g/mol. The van der Waals surface area contributed by atoms with Crippen LogP contribution in [0.3, 0.4) is 0 Å². The summed E-state index contributed by atoms with van der Waals surface area (Å²) in [5.74, 6) is 0.649. The van der Waals surface area contributed by atoms with Gasteiger partial charge in [-0.3, -0.25) is 19.6 Å². The third-order valence-corrected chi connectivity index (χ3v) is 6.79. The molecule has 1 aromatic rings. The molecule has 154 valence electrons. The Labute approximate surface area is 167 Å². The number of aryl methyl sites for hydroxylation is 1. The quantitative estimate of drug-likeness (QED) is 0.857. The second-order valence-corrected chi connectivity index (χ2v) is 8.51. The van der Waals surface area contributed by atoms with Gasteiger partial charge in [-0.1, -0.05) is 6.92 Å². The number of amides is 2. The lowest BCUT2D eigenvalue weighted by molar-refractivity contribution is -0.136. The van der Waals surface area contributed by atoms with E-state index in [1.165, 1.54) is 0 Å². The summed E-state index contributed by atoms with van der Waals surface area (Å²) in [6.07, 6.45) is 8.90. The molecule has 3 aliphatic rings. The number of nitrogens with one attached hydrogen (secondary N) is 1. The van der Waals surface area contributed by atoms with Crippen LogP contribution in [-0.2, 0) is 11.2 Å². The fourth-order valence-corrected chi connectivity index (χ4v) is 5.11. The Morgan fingerprint density at radius 3 is 2.50 bits per heavy atom. The van der Waals surface area contributed by atoms with E-state index < -0.39 is 0 Å². The predicted molar refractivity (Wildman–Crippen MR) is 107 cm³/mol. The van der Waals surface area contributed by atoms with Gasteiger partial charge >= 0.3 is 0 Å². The van der Waals surface area contributed by atoms with Crippen molar-refractivity contribution in [2.45, 2.75) is 57.9 Å². The Hall–Kier alpha value is -1.89. The minimum atomic E-state index is 0.102. The molecule has 0 bridgehead atoms. The van der Waals surface area contributed by atoms with Crippen LogP contribution in [0.5, 0.6) is 0 Å². The van der Waals surface area contributed by atoms with E-state index in [-0.39, 0.29) is 11.8 Å². The molecule has 0 radical (unpaired) electrons. The summed E-state index contributed by atoms with van der Waals surface area (Å²) >= 11 is 0. The minimum absolute atomic E-state index is 0.102. The van der Waals surface area contributed by atoms with Crippen molar-refractivity contribution in [3.05, 3.63) is 17.5 Å². The Morgan fingerprint density at radius 1 is 1.04 bits per heavy atom. The van der Waals surface area contributed by atoms with Crippen molar-refractivity contribution in [3.8, 4) is 0 Å². The van der Waals surface area contributed by atoms with Crippen molar-refractivity contribution in [2.75, 3.05) is 39.3 Å². The largest absolute Gasteiger partial charge is 0.342 e. The van der Waals surface area contributed by atoms with Crippen molar-refractivity contribution in [1.82, 2.24) is 24.9 Å². The maximum absolute atomic E-state index is 12.8. The molecule has 4 rings (SSSR count). The molecular formula is C21H33N5O2. The van der Waals surface area contributed by atoms with Crippen LogP contribution in [0.4, 0.5) is 0 Å². The third-order valence-electron chi connectivity index (χ3n) is 6.79. The average Bonchev–Trinajstić information content (AvgIpc) is 3.45. The highest BCUT2D eigenvalue weighted by molar-refractivity contribution is 5.95. The molecule has 0 saturated carbocycles. The number of carbonyl (C=O) groups excluding carboxylic acids is 2. The zero-order valence-corrected chi connectivity index (χ0v) is 17.0. The van der Waals surface area contributed by atoms with Gasteiger partial charge in [-0.25, -0.2) is 0 Å². The van der Waals surface area contributed by atoms with Gasteiger partial charge in [-0.05, 0) is 51.5 Å². The Bertz CT molecular complexity index is 689. The van der Waals surface area contributed by atoms with Crippen molar-refractivity contribution in [2.24, 2.45) is 5.92 Å². The van der Waals surface area contributed by atoms with Gasteiger partial charge in [0.25, 0.3) is 5.91 Å². The summed E-state index contributed by atoms with van der Waals surface area (Å²) < 4.78 is 0. The SMILES string of the molecule is CCc1[nH]ncc1C(=O)N1CCC(N2CCC[C@@H](C(=O)N3CCCC3)C2)CC1. The zero-order valence-electron chi connectivity index (χ0n) is 17.0. The first-order valence-corrected chi connectivity index (χ1v) is 11.0. The number of hydrogen-bond donors (Lipinski definition) is 1. The molecule has 3 aliphatic heterocycles. The fourth-order valence-electron chi connectivity index (χ4n) is 5.11. The number of nitrogens with zero attached hydrogens (tertiary/aromatic N) is 4. The first kappa shape index (κ1) is 19.4. The zero-order chi connectivity index (χ0) is 19.5. The Kier molecular flexibility index (Phi) is 5.99. The molecule has 7 nitrogen and oxygen atoms in total. The number of hydrogen-bond acceptors (Lipinski definition) is 4. The van der Waals surface area contributed by atoms with Gasteiger partial charge in [0.2, 0.25) is 5.91 Å². The van der Waals surface area contributed by atoms with Crippen LogP contribution in [0.1, 0.15) is 61.5 Å². The molecule has 0 aromatic carbocycles. The lowest BCUT2D eigenvalue weighted by Crippen LogP contribution is -2.51. The summed E-state index contributed by atoms with van der Waals surface area (Å²) in [6.45, 7) is 7.50. The number of aromatic amines is 1. The number of aromatic nitrogens is 2. The van der Waals surface area contributed by atoms with Gasteiger partial charge in [0.05, 0.1) is 17.7 Å². The van der Waals surface area contributed by atoms with E-state index in [0.29, 0.717) is 11.9 Å². The molecule has 7 heteroatoms. The van der Waals surface area contributed by atoms with Gasteiger partial charge < -0.3 is 9.80 Å². The molecule has 1 aromatic heterocycles. The van der Waals surface area contributed by atoms with E-state index in [1.54, 1.807) is 6.20 Å². The number of H-pyrrole nitrogens is 1. The highest BCUT2D eigenvalue weighted by atomic mass is 16.2. The molecule has 3 fully saturated rings. The highest BCUT2D eigenvalue weighted by Crippen LogP contribution is 2.26. The summed E-state index contributed by atoms with van der Waals surface area (Å²) in [7, 11) is 0. The first-order chi connectivity index (χ1) is 13.7. The second kappa shape index (κ2) is 8.64. The lowest BCUT2D eigenvalue weighted by atomic mass is 9.92. The molecule has 28 heavy (non-hydrogen) atoms. The number of piperidine rings is 2.